The number of anilines is 3. The van der Waals surface area contributed by atoms with Crippen LogP contribution in [0.5, 0.6) is 0 Å². The molecule has 0 aliphatic heterocycles. The fourth-order valence-corrected chi connectivity index (χ4v) is 11.3. The summed E-state index contributed by atoms with van der Waals surface area (Å²) in [5.74, 6) is 0. The van der Waals surface area contributed by atoms with Crippen molar-refractivity contribution >= 4 is 115 Å². The monoisotopic (exact) mass is 750 g/mol. The smallest absolute Gasteiger partial charge is 0.0547 e. The Labute approximate surface area is 331 Å². The first kappa shape index (κ1) is 31.8. The van der Waals surface area contributed by atoms with Crippen LogP contribution < -0.4 is 14.7 Å². The average molecular weight is 751 g/mol. The van der Waals surface area contributed by atoms with E-state index in [9.17, 15) is 0 Å². The van der Waals surface area contributed by atoms with Crippen molar-refractivity contribution < 1.29 is 0 Å². The van der Waals surface area contributed by atoms with Crippen LogP contribution in [0.3, 0.4) is 0 Å². The number of rotatable bonds is 5. The highest BCUT2D eigenvalue weighted by atomic mass is 32.1. The van der Waals surface area contributed by atoms with Gasteiger partial charge in [0.15, 0.2) is 0 Å². The fraction of sp³-hybridized carbons (Fsp3) is 0.0385. The van der Waals surface area contributed by atoms with Crippen LogP contribution in [0.25, 0.3) is 91.8 Å². The van der Waals surface area contributed by atoms with Gasteiger partial charge in [-0.05, 0) is 113 Å². The van der Waals surface area contributed by atoms with Crippen LogP contribution in [0.1, 0.15) is 12.8 Å². The van der Waals surface area contributed by atoms with E-state index in [2.05, 4.69) is 191 Å². The molecule has 0 amide bonds. The highest BCUT2D eigenvalue weighted by Crippen LogP contribution is 2.44. The van der Waals surface area contributed by atoms with Crippen molar-refractivity contribution in [2.45, 2.75) is 12.8 Å². The van der Waals surface area contributed by atoms with Crippen LogP contribution in [0.2, 0.25) is 0 Å². The molecule has 0 bridgehead atoms. The van der Waals surface area contributed by atoms with Crippen LogP contribution in [0.4, 0.5) is 17.1 Å². The number of para-hydroxylation sites is 2. The maximum Gasteiger partial charge on any atom is 0.0547 e. The van der Waals surface area contributed by atoms with Gasteiger partial charge in [0.1, 0.15) is 0 Å². The Kier molecular flexibility index (Phi) is 7.13. The van der Waals surface area contributed by atoms with Crippen molar-refractivity contribution in [2.24, 2.45) is 0 Å². The van der Waals surface area contributed by atoms with Crippen molar-refractivity contribution in [3.05, 3.63) is 180 Å². The molecule has 0 spiro atoms. The summed E-state index contributed by atoms with van der Waals surface area (Å²) in [5, 5.41) is 10.4. The Balaban J connectivity index is 1.06. The molecule has 264 valence electrons. The number of benzene rings is 8. The second kappa shape index (κ2) is 12.5. The average Bonchev–Trinajstić information content (AvgIpc) is 3.92. The summed E-state index contributed by atoms with van der Waals surface area (Å²) in [5.41, 5.74) is 9.53. The zero-order valence-corrected chi connectivity index (χ0v) is 32.1. The molecule has 56 heavy (non-hydrogen) atoms. The van der Waals surface area contributed by atoms with E-state index in [0.717, 1.165) is 24.2 Å². The predicted octanol–water partition coefficient (Wildman–Crippen LogP) is 14.0. The van der Waals surface area contributed by atoms with Crippen LogP contribution in [-0.4, -0.2) is 4.57 Å². The van der Waals surface area contributed by atoms with E-state index < -0.39 is 0 Å². The first-order valence-electron chi connectivity index (χ1n) is 19.3. The van der Waals surface area contributed by atoms with Crippen molar-refractivity contribution in [3.8, 4) is 16.8 Å². The second-order valence-electron chi connectivity index (χ2n) is 14.8. The first-order chi connectivity index (χ1) is 27.7. The van der Waals surface area contributed by atoms with E-state index in [1.807, 2.05) is 22.7 Å². The topological polar surface area (TPSA) is 8.17 Å². The molecule has 0 atom stereocenters. The Hall–Kier alpha value is -6.46. The zero-order valence-electron chi connectivity index (χ0n) is 30.4. The third-order valence-electron chi connectivity index (χ3n) is 11.6. The van der Waals surface area contributed by atoms with Gasteiger partial charge >= 0.3 is 0 Å². The Bertz CT molecular complexity index is 3480. The van der Waals surface area contributed by atoms with Crippen molar-refractivity contribution in [1.29, 1.82) is 0 Å². The SMILES string of the molecule is C1=c2sc3ccc(N(c4ccccc4)c4ccc(-c5cc(-n6c7ccccc7c7cc8ccccc8cc76)cc6c5sc5ccccc56)cc4)cc3c2=CCC1. The van der Waals surface area contributed by atoms with Gasteiger partial charge < -0.3 is 9.47 Å². The normalized spacial score (nSPS) is 12.8. The van der Waals surface area contributed by atoms with Gasteiger partial charge in [-0.15, -0.1) is 22.7 Å². The molecule has 0 fully saturated rings. The number of hydrogen-bond donors (Lipinski definition) is 0. The molecule has 11 aromatic rings. The van der Waals surface area contributed by atoms with Gasteiger partial charge in [-0.3, -0.25) is 0 Å². The molecule has 0 unspecified atom stereocenters. The van der Waals surface area contributed by atoms with Gasteiger partial charge in [0.05, 0.1) is 11.0 Å². The van der Waals surface area contributed by atoms with Gasteiger partial charge in [-0.2, -0.15) is 0 Å². The molecule has 0 radical (unpaired) electrons. The molecule has 4 heteroatoms. The third kappa shape index (κ3) is 4.93. The third-order valence-corrected chi connectivity index (χ3v) is 14.0. The van der Waals surface area contributed by atoms with E-state index in [1.165, 1.54) is 95.1 Å². The lowest BCUT2D eigenvalue weighted by Gasteiger charge is -2.26. The number of thiophene rings is 2. The summed E-state index contributed by atoms with van der Waals surface area (Å²) >= 11 is 3.80. The van der Waals surface area contributed by atoms with Crippen LogP contribution in [-0.2, 0) is 0 Å². The van der Waals surface area contributed by atoms with Crippen LogP contribution >= 0.6 is 22.7 Å². The molecule has 12 rings (SSSR count). The number of nitrogens with zero attached hydrogens (tertiary/aromatic N) is 2. The Morgan fingerprint density at radius 2 is 1.14 bits per heavy atom. The highest BCUT2D eigenvalue weighted by Gasteiger charge is 2.19. The van der Waals surface area contributed by atoms with E-state index in [-0.39, 0.29) is 0 Å². The molecule has 0 saturated carbocycles. The van der Waals surface area contributed by atoms with E-state index in [0.29, 0.717) is 0 Å². The molecule has 2 nitrogen and oxygen atoms in total. The van der Waals surface area contributed by atoms with Gasteiger partial charge in [-0.25, -0.2) is 0 Å². The fourth-order valence-electron chi connectivity index (χ4n) is 8.97. The summed E-state index contributed by atoms with van der Waals surface area (Å²) in [6, 6.07) is 63.0. The molecule has 8 aromatic carbocycles. The molecule has 0 saturated heterocycles. The molecular formula is C52H34N2S2. The Morgan fingerprint density at radius 1 is 0.446 bits per heavy atom. The van der Waals surface area contributed by atoms with Gasteiger partial charge in [0.25, 0.3) is 0 Å². The number of fused-ring (bicyclic) bond motifs is 10. The first-order valence-corrected chi connectivity index (χ1v) is 20.9. The minimum Gasteiger partial charge on any atom is -0.310 e. The molecular weight excluding hydrogens is 717 g/mol. The summed E-state index contributed by atoms with van der Waals surface area (Å²) in [6.07, 6.45) is 7.06. The van der Waals surface area contributed by atoms with Crippen LogP contribution in [0, 0.1) is 0 Å². The number of aromatic nitrogens is 1. The van der Waals surface area contributed by atoms with Crippen molar-refractivity contribution in [1.82, 2.24) is 4.57 Å². The lowest BCUT2D eigenvalue weighted by atomic mass is 10.0. The molecule has 1 aliphatic rings. The van der Waals surface area contributed by atoms with E-state index in [1.54, 1.807) is 0 Å². The van der Waals surface area contributed by atoms with E-state index >= 15 is 0 Å². The van der Waals surface area contributed by atoms with Gasteiger partial charge in [0.2, 0.25) is 0 Å². The zero-order chi connectivity index (χ0) is 36.7. The Morgan fingerprint density at radius 3 is 2.02 bits per heavy atom. The lowest BCUT2D eigenvalue weighted by Crippen LogP contribution is -2.20. The van der Waals surface area contributed by atoms with Crippen molar-refractivity contribution in [3.63, 3.8) is 0 Å². The van der Waals surface area contributed by atoms with Gasteiger partial charge in [0, 0.05) is 73.9 Å². The highest BCUT2D eigenvalue weighted by molar-refractivity contribution is 7.26. The molecule has 3 aromatic heterocycles. The molecule has 3 heterocycles. The second-order valence-corrected chi connectivity index (χ2v) is 16.9. The van der Waals surface area contributed by atoms with E-state index in [4.69, 9.17) is 0 Å². The maximum atomic E-state index is 2.48. The lowest BCUT2D eigenvalue weighted by molar-refractivity contribution is 1.13. The minimum absolute atomic E-state index is 1.11. The predicted molar refractivity (Wildman–Crippen MR) is 244 cm³/mol. The van der Waals surface area contributed by atoms with Gasteiger partial charge in [-0.1, -0.05) is 103 Å². The quantitative estimate of drug-likeness (QED) is 0.170. The summed E-state index contributed by atoms with van der Waals surface area (Å²) in [6.45, 7) is 0. The van der Waals surface area contributed by atoms with Crippen molar-refractivity contribution in [2.75, 3.05) is 4.90 Å². The number of hydrogen-bond acceptors (Lipinski definition) is 3. The standard InChI is InChI=1S/C52H34N2S2/c1-2-14-36(15-3-1)53(38-26-27-51-45(30-38)41-17-7-10-20-49(41)55-51)37-24-22-33(23-25-37)43-31-39(32-46-42-18-8-11-21-50(42)56-52(43)46)54-47-19-9-6-16-40(47)44-28-34-12-4-5-13-35(34)29-48(44)54/h1-6,8-9,11-32H,7,10H2. The molecule has 1 aliphatic carbocycles. The summed E-state index contributed by atoms with van der Waals surface area (Å²) in [7, 11) is 0. The van der Waals surface area contributed by atoms with Crippen LogP contribution in [0.15, 0.2) is 170 Å². The summed E-state index contributed by atoms with van der Waals surface area (Å²) < 4.78 is 7.85. The summed E-state index contributed by atoms with van der Waals surface area (Å²) in [4.78, 5) is 2.40. The molecule has 0 N–H and O–H groups in total. The largest absolute Gasteiger partial charge is 0.310 e. The maximum absolute atomic E-state index is 2.48. The minimum atomic E-state index is 1.11.